The second kappa shape index (κ2) is 16.4. The molecule has 0 saturated carbocycles. The van der Waals surface area contributed by atoms with E-state index in [1.807, 2.05) is 24.3 Å². The largest absolute Gasteiger partial charge is 0.309 e. The van der Waals surface area contributed by atoms with Crippen LogP contribution in [-0.4, -0.2) is 19.1 Å². The standard InChI is InChI=1S/C64H42N4/c1-6-20-43(21-7-1)48-34-36-61-55(38-48)56-41-50(67-59-32-18-16-30-51(59)52-31-17-19-33-60(52)67)35-37-62(56)68(61)63-53(44-22-8-2-9-23-44)39-49(40-54(63)45-24-10-3-11-25-45)58-42-57(46-26-12-4-13-27-46)65-64(66-58)47-28-14-5-15-29-47/h1-42H. The third kappa shape index (κ3) is 6.69. The van der Waals surface area contributed by atoms with Crippen LogP contribution in [0.15, 0.2) is 255 Å². The van der Waals surface area contributed by atoms with Gasteiger partial charge in [0.05, 0.1) is 39.1 Å². The van der Waals surface area contributed by atoms with Crippen LogP contribution in [0, 0.1) is 0 Å². The predicted octanol–water partition coefficient (Wildman–Crippen LogP) is 16.7. The van der Waals surface area contributed by atoms with E-state index in [4.69, 9.17) is 9.97 Å². The molecule has 3 heterocycles. The van der Waals surface area contributed by atoms with Crippen molar-refractivity contribution in [3.63, 3.8) is 0 Å². The molecule has 0 radical (unpaired) electrons. The van der Waals surface area contributed by atoms with Crippen molar-refractivity contribution in [3.8, 4) is 78.7 Å². The smallest absolute Gasteiger partial charge is 0.160 e. The molecule has 0 spiro atoms. The van der Waals surface area contributed by atoms with E-state index in [0.29, 0.717) is 5.82 Å². The zero-order valence-electron chi connectivity index (χ0n) is 37.0. The van der Waals surface area contributed by atoms with E-state index in [9.17, 15) is 0 Å². The number of rotatable bonds is 8. The number of fused-ring (bicyclic) bond motifs is 6. The molecule has 13 aromatic rings. The molecule has 0 atom stereocenters. The summed E-state index contributed by atoms with van der Waals surface area (Å²) in [5.41, 5.74) is 18.3. The summed E-state index contributed by atoms with van der Waals surface area (Å²) in [4.78, 5) is 10.5. The molecule has 0 unspecified atom stereocenters. The highest BCUT2D eigenvalue weighted by atomic mass is 15.0. The van der Waals surface area contributed by atoms with Crippen molar-refractivity contribution < 1.29 is 0 Å². The number of benzene rings is 10. The summed E-state index contributed by atoms with van der Waals surface area (Å²) in [7, 11) is 0. The maximum Gasteiger partial charge on any atom is 0.160 e. The Hall–Kier alpha value is -9.12. The first-order chi connectivity index (χ1) is 33.7. The van der Waals surface area contributed by atoms with Gasteiger partial charge in [0.2, 0.25) is 0 Å². The van der Waals surface area contributed by atoms with Crippen LogP contribution in [0.1, 0.15) is 0 Å². The summed E-state index contributed by atoms with van der Waals surface area (Å²) in [6.45, 7) is 0. The van der Waals surface area contributed by atoms with Gasteiger partial charge >= 0.3 is 0 Å². The van der Waals surface area contributed by atoms with Crippen molar-refractivity contribution in [1.82, 2.24) is 19.1 Å². The van der Waals surface area contributed by atoms with Crippen molar-refractivity contribution in [3.05, 3.63) is 255 Å². The minimum Gasteiger partial charge on any atom is -0.309 e. The molecule has 0 fully saturated rings. The molecule has 0 aliphatic carbocycles. The van der Waals surface area contributed by atoms with Crippen LogP contribution in [0.2, 0.25) is 0 Å². The first kappa shape index (κ1) is 39.3. The normalized spacial score (nSPS) is 11.5. The summed E-state index contributed by atoms with van der Waals surface area (Å²) in [6, 6.07) is 91.3. The van der Waals surface area contributed by atoms with Crippen molar-refractivity contribution >= 4 is 43.6 Å². The Balaban J connectivity index is 1.13. The summed E-state index contributed by atoms with van der Waals surface area (Å²) in [5.74, 6) is 0.684. The molecule has 0 N–H and O–H groups in total. The van der Waals surface area contributed by atoms with E-state index in [2.05, 4.69) is 240 Å². The molecule has 0 bridgehead atoms. The molecule has 0 aliphatic heterocycles. The van der Waals surface area contributed by atoms with E-state index < -0.39 is 0 Å². The Bertz CT molecular complexity index is 3820. The van der Waals surface area contributed by atoms with Gasteiger partial charge in [0.1, 0.15) is 0 Å². The molecule has 0 amide bonds. The third-order valence-electron chi connectivity index (χ3n) is 13.3. The van der Waals surface area contributed by atoms with Gasteiger partial charge in [-0.15, -0.1) is 0 Å². The highest BCUT2D eigenvalue weighted by molar-refractivity contribution is 6.14. The van der Waals surface area contributed by atoms with Gasteiger partial charge < -0.3 is 9.13 Å². The summed E-state index contributed by atoms with van der Waals surface area (Å²) < 4.78 is 4.93. The molecular weight excluding hydrogens is 825 g/mol. The quantitative estimate of drug-likeness (QED) is 0.153. The molecule has 68 heavy (non-hydrogen) atoms. The summed E-state index contributed by atoms with van der Waals surface area (Å²) in [6.07, 6.45) is 0. The fourth-order valence-electron chi connectivity index (χ4n) is 10.2. The molecule has 0 saturated heterocycles. The zero-order chi connectivity index (χ0) is 45.0. The Kier molecular flexibility index (Phi) is 9.47. The monoisotopic (exact) mass is 866 g/mol. The highest BCUT2D eigenvalue weighted by Gasteiger charge is 2.24. The lowest BCUT2D eigenvalue weighted by atomic mass is 9.91. The predicted molar refractivity (Wildman–Crippen MR) is 283 cm³/mol. The average Bonchev–Trinajstić information content (AvgIpc) is 3.93. The Morgan fingerprint density at radius 3 is 1.24 bits per heavy atom. The number of aromatic nitrogens is 4. The molecule has 4 heteroatoms. The van der Waals surface area contributed by atoms with E-state index in [1.54, 1.807) is 0 Å². The minimum absolute atomic E-state index is 0.684. The van der Waals surface area contributed by atoms with E-state index in [-0.39, 0.29) is 0 Å². The van der Waals surface area contributed by atoms with Gasteiger partial charge in [0.25, 0.3) is 0 Å². The molecule has 318 valence electrons. The number of nitrogens with zero attached hydrogens (tertiary/aromatic N) is 4. The zero-order valence-corrected chi connectivity index (χ0v) is 37.0. The van der Waals surface area contributed by atoms with Gasteiger partial charge in [-0.25, -0.2) is 9.97 Å². The first-order valence-corrected chi connectivity index (χ1v) is 23.2. The van der Waals surface area contributed by atoms with Crippen molar-refractivity contribution in [2.75, 3.05) is 0 Å². The van der Waals surface area contributed by atoms with E-state index >= 15 is 0 Å². The van der Waals surface area contributed by atoms with E-state index in [1.165, 1.54) is 43.7 Å². The van der Waals surface area contributed by atoms with Crippen LogP contribution >= 0.6 is 0 Å². The Morgan fingerprint density at radius 1 is 0.250 bits per heavy atom. The molecular formula is C64H42N4. The number of hydrogen-bond acceptors (Lipinski definition) is 2. The Labute approximate surface area is 394 Å². The van der Waals surface area contributed by atoms with Gasteiger partial charge in [-0.3, -0.25) is 0 Å². The van der Waals surface area contributed by atoms with Crippen LogP contribution in [0.3, 0.4) is 0 Å². The molecule has 10 aromatic carbocycles. The maximum atomic E-state index is 5.36. The van der Waals surface area contributed by atoms with Crippen molar-refractivity contribution in [2.45, 2.75) is 0 Å². The number of para-hydroxylation sites is 2. The lowest BCUT2D eigenvalue weighted by Crippen LogP contribution is -2.03. The Morgan fingerprint density at radius 2 is 0.676 bits per heavy atom. The molecule has 0 aliphatic rings. The van der Waals surface area contributed by atoms with Gasteiger partial charge in [-0.05, 0) is 82.9 Å². The third-order valence-corrected chi connectivity index (χ3v) is 13.3. The second-order valence-electron chi connectivity index (χ2n) is 17.4. The molecule has 13 rings (SSSR count). The maximum absolute atomic E-state index is 5.36. The highest BCUT2D eigenvalue weighted by Crippen LogP contribution is 2.45. The fourth-order valence-corrected chi connectivity index (χ4v) is 10.2. The topological polar surface area (TPSA) is 35.6 Å². The van der Waals surface area contributed by atoms with Crippen LogP contribution in [0.4, 0.5) is 0 Å². The summed E-state index contributed by atoms with van der Waals surface area (Å²) in [5, 5.41) is 4.84. The fraction of sp³-hybridized carbons (Fsp3) is 0. The van der Waals surface area contributed by atoms with Gasteiger partial charge in [-0.1, -0.05) is 194 Å². The number of hydrogen-bond donors (Lipinski definition) is 0. The molecule has 4 nitrogen and oxygen atoms in total. The van der Waals surface area contributed by atoms with Crippen LogP contribution in [0.25, 0.3) is 122 Å². The van der Waals surface area contributed by atoms with Gasteiger partial charge in [0, 0.05) is 55.0 Å². The lowest BCUT2D eigenvalue weighted by Gasteiger charge is -2.21. The van der Waals surface area contributed by atoms with Crippen LogP contribution < -0.4 is 0 Å². The molecule has 3 aromatic heterocycles. The minimum atomic E-state index is 0.684. The van der Waals surface area contributed by atoms with Crippen molar-refractivity contribution in [1.29, 1.82) is 0 Å². The first-order valence-electron chi connectivity index (χ1n) is 23.2. The SMILES string of the molecule is c1ccc(-c2ccc3c(c2)c2cc(-n4c5ccccc5c5ccccc54)ccc2n3-c2c(-c3ccccc3)cc(-c3cc(-c4ccccc4)nc(-c4ccccc4)n3)cc2-c2ccccc2)cc1. The van der Waals surface area contributed by atoms with Gasteiger partial charge in [0.15, 0.2) is 5.82 Å². The average molecular weight is 867 g/mol. The lowest BCUT2D eigenvalue weighted by molar-refractivity contribution is 1.16. The second-order valence-corrected chi connectivity index (χ2v) is 17.4. The van der Waals surface area contributed by atoms with Crippen LogP contribution in [-0.2, 0) is 0 Å². The summed E-state index contributed by atoms with van der Waals surface area (Å²) >= 11 is 0. The van der Waals surface area contributed by atoms with Crippen LogP contribution in [0.5, 0.6) is 0 Å². The van der Waals surface area contributed by atoms with Crippen molar-refractivity contribution in [2.24, 2.45) is 0 Å². The van der Waals surface area contributed by atoms with E-state index in [0.717, 1.165) is 72.7 Å². The van der Waals surface area contributed by atoms with Gasteiger partial charge in [-0.2, -0.15) is 0 Å².